The predicted octanol–water partition coefficient (Wildman–Crippen LogP) is 12.5. The van der Waals surface area contributed by atoms with Crippen LogP contribution in [-0.2, 0) is 5.41 Å². The molecule has 0 saturated carbocycles. The molecule has 0 radical (unpaired) electrons. The van der Waals surface area contributed by atoms with Gasteiger partial charge in [-0.3, -0.25) is 0 Å². The summed E-state index contributed by atoms with van der Waals surface area (Å²) in [6.07, 6.45) is 5.63. The quantitative estimate of drug-likeness (QED) is 0.184. The number of rotatable bonds is 6. The van der Waals surface area contributed by atoms with Crippen LogP contribution in [0.2, 0.25) is 0 Å². The Hall–Kier alpha value is -6.58. The highest BCUT2D eigenvalue weighted by atomic mass is 15.2. The third-order valence-electron chi connectivity index (χ3n) is 11.8. The third-order valence-corrected chi connectivity index (χ3v) is 11.8. The average molecular weight is 708 g/mol. The first-order chi connectivity index (χ1) is 27.0. The van der Waals surface area contributed by atoms with Crippen molar-refractivity contribution >= 4 is 28.0 Å². The fourth-order valence-corrected chi connectivity index (χ4v) is 8.84. The summed E-state index contributed by atoms with van der Waals surface area (Å²) in [5.74, 6) is 1.87. The van der Waals surface area contributed by atoms with Gasteiger partial charge in [0.15, 0.2) is 5.84 Å². The highest BCUT2D eigenvalue weighted by Crippen LogP contribution is 2.56. The number of amidine groups is 2. The molecule has 0 spiro atoms. The van der Waals surface area contributed by atoms with Crippen molar-refractivity contribution < 1.29 is 0 Å². The lowest BCUT2D eigenvalue weighted by atomic mass is 9.74. The zero-order chi connectivity index (χ0) is 36.9. The molecule has 2 aliphatic carbocycles. The van der Waals surface area contributed by atoms with Crippen molar-refractivity contribution in [1.82, 2.24) is 5.32 Å². The van der Waals surface area contributed by atoms with E-state index in [4.69, 9.17) is 9.98 Å². The van der Waals surface area contributed by atoms with Gasteiger partial charge in [0, 0.05) is 22.5 Å². The molecule has 2 unspecified atom stereocenters. The molecule has 1 heterocycles. The lowest BCUT2D eigenvalue weighted by Crippen LogP contribution is -2.33. The smallest absolute Gasteiger partial charge is 0.159 e. The van der Waals surface area contributed by atoms with Crippen molar-refractivity contribution in [3.8, 4) is 22.3 Å². The van der Waals surface area contributed by atoms with E-state index in [-0.39, 0.29) is 11.6 Å². The lowest BCUT2D eigenvalue weighted by Gasteiger charge is -2.29. The summed E-state index contributed by atoms with van der Waals surface area (Å²) in [5, 5.41) is 6.25. The highest BCUT2D eigenvalue weighted by molar-refractivity contribution is 6.13. The molecule has 1 aliphatic heterocycles. The maximum Gasteiger partial charge on any atom is 0.159 e. The minimum atomic E-state index is -0.229. The van der Waals surface area contributed by atoms with Crippen LogP contribution < -0.4 is 5.32 Å². The van der Waals surface area contributed by atoms with Crippen LogP contribution in [-0.4, -0.2) is 11.7 Å². The number of nitrogens with zero attached hydrogens (tertiary/aromatic N) is 2. The Balaban J connectivity index is 0.947. The van der Waals surface area contributed by atoms with Crippen molar-refractivity contribution in [2.75, 3.05) is 0 Å². The van der Waals surface area contributed by atoms with E-state index < -0.39 is 0 Å². The van der Waals surface area contributed by atoms with Crippen molar-refractivity contribution in [2.45, 2.75) is 37.8 Å². The molecule has 2 atom stereocenters. The van der Waals surface area contributed by atoms with E-state index in [2.05, 4.69) is 177 Å². The van der Waals surface area contributed by atoms with Crippen LogP contribution in [0.3, 0.4) is 0 Å². The molecule has 0 saturated heterocycles. The predicted molar refractivity (Wildman–Crippen MR) is 230 cm³/mol. The third kappa shape index (κ3) is 5.84. The average Bonchev–Trinajstić information content (AvgIpc) is 3.48. The molecule has 7 aromatic rings. The molecule has 55 heavy (non-hydrogen) atoms. The van der Waals surface area contributed by atoms with Gasteiger partial charge in [-0.1, -0.05) is 189 Å². The van der Waals surface area contributed by atoms with Gasteiger partial charge in [-0.05, 0) is 79.4 Å². The lowest BCUT2D eigenvalue weighted by molar-refractivity contribution is 0.591. The molecule has 3 heteroatoms. The summed E-state index contributed by atoms with van der Waals surface area (Å²) in [6.45, 7) is 4.85. The summed E-state index contributed by atoms with van der Waals surface area (Å²) in [5.41, 5.74) is 15.2. The van der Waals surface area contributed by atoms with Gasteiger partial charge in [-0.15, -0.1) is 0 Å². The number of aliphatic imine (C=N–C) groups is 2. The number of nitrogens with one attached hydrogen (secondary N) is 1. The first-order valence-corrected chi connectivity index (χ1v) is 19.3. The van der Waals surface area contributed by atoms with Gasteiger partial charge in [0.2, 0.25) is 0 Å². The van der Waals surface area contributed by atoms with Crippen LogP contribution >= 0.6 is 0 Å². The number of hydrogen-bond acceptors (Lipinski definition) is 3. The van der Waals surface area contributed by atoms with Crippen LogP contribution in [0, 0.1) is 0 Å². The molecule has 0 bridgehead atoms. The maximum atomic E-state index is 5.04. The molecule has 3 aliphatic rings. The van der Waals surface area contributed by atoms with Gasteiger partial charge in [-0.2, -0.15) is 0 Å². The first kappa shape index (κ1) is 33.0. The van der Waals surface area contributed by atoms with Gasteiger partial charge < -0.3 is 5.32 Å². The van der Waals surface area contributed by atoms with Gasteiger partial charge >= 0.3 is 0 Å². The monoisotopic (exact) mass is 707 g/mol. The Kier molecular flexibility index (Phi) is 8.03. The topological polar surface area (TPSA) is 36.8 Å². The van der Waals surface area contributed by atoms with Crippen molar-refractivity contribution in [2.24, 2.45) is 9.98 Å². The Labute approximate surface area is 323 Å². The van der Waals surface area contributed by atoms with Gasteiger partial charge in [-0.25, -0.2) is 9.98 Å². The zero-order valence-corrected chi connectivity index (χ0v) is 31.1. The van der Waals surface area contributed by atoms with E-state index in [0.29, 0.717) is 5.92 Å². The molecule has 10 rings (SSSR count). The largest absolute Gasteiger partial charge is 0.344 e. The molecule has 7 aromatic carbocycles. The van der Waals surface area contributed by atoms with E-state index in [9.17, 15) is 0 Å². The maximum absolute atomic E-state index is 5.04. The van der Waals surface area contributed by atoms with E-state index in [1.165, 1.54) is 55.3 Å². The number of fused-ring (bicyclic) bond motifs is 3. The summed E-state index contributed by atoms with van der Waals surface area (Å²) < 4.78 is 0. The van der Waals surface area contributed by atoms with Crippen LogP contribution in [0.25, 0.3) is 38.6 Å². The van der Waals surface area contributed by atoms with Crippen molar-refractivity contribution in [1.29, 1.82) is 0 Å². The number of hydrogen-bond donors (Lipinski definition) is 1. The second kappa shape index (κ2) is 13.4. The van der Waals surface area contributed by atoms with E-state index in [1.807, 2.05) is 24.3 Å². The minimum Gasteiger partial charge on any atom is -0.344 e. The number of benzene rings is 7. The summed E-state index contributed by atoms with van der Waals surface area (Å²) in [4.78, 5) is 10.1. The fraction of sp³-hybridized carbons (Fsp3) is 0.115. The summed E-state index contributed by atoms with van der Waals surface area (Å²) in [6, 6.07) is 60.8. The molecular weight excluding hydrogens is 667 g/mol. The molecule has 3 nitrogen and oxygen atoms in total. The summed E-state index contributed by atoms with van der Waals surface area (Å²) >= 11 is 0. The molecule has 0 fully saturated rings. The second-order valence-corrected chi connectivity index (χ2v) is 15.4. The van der Waals surface area contributed by atoms with Crippen LogP contribution in [0.15, 0.2) is 198 Å². The van der Waals surface area contributed by atoms with E-state index in [1.54, 1.807) is 0 Å². The standard InChI is InChI=1S/C52H41N3/c1-52(2)45-32-40(29-30-44(45)48-46(52)33-41-21-12-13-24-43(41)47(48)36-15-6-3-7-16-36)35-27-25-34(26-28-35)39-22-14-23-42(31-39)51-54-49(37-17-8-4-9-18-37)53-50(55-51)38-19-10-5-11-20-38/h3-31,33,40,49H,32H2,1-2H3,(H,53,54,55). The molecule has 0 aromatic heterocycles. The first-order valence-electron chi connectivity index (χ1n) is 19.3. The molecular formula is C52H41N3. The zero-order valence-electron chi connectivity index (χ0n) is 31.1. The van der Waals surface area contributed by atoms with Gasteiger partial charge in [0.25, 0.3) is 0 Å². The van der Waals surface area contributed by atoms with Crippen LogP contribution in [0.4, 0.5) is 0 Å². The Bertz CT molecular complexity index is 2700. The molecule has 0 amide bonds. The van der Waals surface area contributed by atoms with Gasteiger partial charge in [0.1, 0.15) is 12.0 Å². The minimum absolute atomic E-state index is 0.0674. The highest BCUT2D eigenvalue weighted by Gasteiger charge is 2.41. The Morgan fingerprint density at radius 1 is 0.564 bits per heavy atom. The van der Waals surface area contributed by atoms with Crippen LogP contribution in [0.5, 0.6) is 0 Å². The number of allylic oxidation sites excluding steroid dienone is 4. The van der Waals surface area contributed by atoms with E-state index in [0.717, 1.165) is 40.3 Å². The Morgan fingerprint density at radius 2 is 1.22 bits per heavy atom. The van der Waals surface area contributed by atoms with E-state index >= 15 is 0 Å². The fourth-order valence-electron chi connectivity index (χ4n) is 8.84. The SMILES string of the molecule is CC1(C)C2=C(C=CC(c3ccc(-c4cccc(C5=NC(c6ccccc6)=NC(c6ccccc6)N5)c4)cc3)C2)c2c1cc1ccccc1c2-c1ccccc1. The second-order valence-electron chi connectivity index (χ2n) is 15.4. The van der Waals surface area contributed by atoms with Gasteiger partial charge in [0.05, 0.1) is 0 Å². The van der Waals surface area contributed by atoms with Crippen molar-refractivity contribution in [3.63, 3.8) is 0 Å². The summed E-state index contributed by atoms with van der Waals surface area (Å²) in [7, 11) is 0. The Morgan fingerprint density at radius 3 is 1.98 bits per heavy atom. The normalized spacial score (nSPS) is 18.3. The van der Waals surface area contributed by atoms with Crippen molar-refractivity contribution in [3.05, 3.63) is 221 Å². The van der Waals surface area contributed by atoms with Crippen LogP contribution in [0.1, 0.15) is 65.7 Å². The molecule has 264 valence electrons. The molecule has 1 N–H and O–H groups in total.